The number of hydrogen-bond acceptors (Lipinski definition) is 5. The summed E-state index contributed by atoms with van der Waals surface area (Å²) in [5, 5.41) is 5.18. The minimum atomic E-state index is -0.592. The van der Waals surface area contributed by atoms with Gasteiger partial charge in [0, 0.05) is 37.6 Å². The quantitative estimate of drug-likeness (QED) is 0.676. The first-order chi connectivity index (χ1) is 12.9. The van der Waals surface area contributed by atoms with Gasteiger partial charge in [0.25, 0.3) is 0 Å². The minimum absolute atomic E-state index is 0.000345. The molecule has 2 aromatic heterocycles. The van der Waals surface area contributed by atoms with Crippen LogP contribution in [0.15, 0.2) is 48.8 Å². The monoisotopic (exact) mass is 366 g/mol. The summed E-state index contributed by atoms with van der Waals surface area (Å²) in [4.78, 5) is 39.4. The average Bonchev–Trinajstić information content (AvgIpc) is 3.01. The number of fused-ring (bicyclic) bond motifs is 1. The third-order valence-corrected chi connectivity index (χ3v) is 3.57. The summed E-state index contributed by atoms with van der Waals surface area (Å²) < 4.78 is 7.15. The molecule has 0 aliphatic heterocycles. The summed E-state index contributed by atoms with van der Waals surface area (Å²) in [5.41, 5.74) is 2.33. The fourth-order valence-electron chi connectivity index (χ4n) is 2.58. The molecule has 0 saturated carbocycles. The highest BCUT2D eigenvalue weighted by atomic mass is 16.5. The van der Waals surface area contributed by atoms with E-state index in [1.807, 2.05) is 28.8 Å². The topological polar surface area (TPSA) is 102 Å². The summed E-state index contributed by atoms with van der Waals surface area (Å²) in [7, 11) is 0. The number of benzene rings is 1. The van der Waals surface area contributed by atoms with Gasteiger partial charge in [-0.15, -0.1) is 0 Å². The van der Waals surface area contributed by atoms with Crippen molar-refractivity contribution in [1.29, 1.82) is 0 Å². The maximum absolute atomic E-state index is 12.4. The number of amides is 2. The highest BCUT2D eigenvalue weighted by Crippen LogP contribution is 2.20. The highest BCUT2D eigenvalue weighted by molar-refractivity contribution is 5.97. The predicted molar refractivity (Wildman–Crippen MR) is 99.4 cm³/mol. The smallest absolute Gasteiger partial charge is 0.338 e. The second-order valence-electron chi connectivity index (χ2n) is 5.94. The minimum Gasteiger partial charge on any atom is -0.456 e. The summed E-state index contributed by atoms with van der Waals surface area (Å²) in [6, 6.07) is 10.1. The van der Waals surface area contributed by atoms with Crippen molar-refractivity contribution in [3.8, 4) is 0 Å². The Bertz CT molecular complexity index is 958. The number of anilines is 2. The van der Waals surface area contributed by atoms with Crippen LogP contribution in [0, 0.1) is 0 Å². The Hall–Kier alpha value is -3.68. The lowest BCUT2D eigenvalue weighted by molar-refractivity contribution is -0.115. The first-order valence-corrected chi connectivity index (χ1v) is 8.21. The number of rotatable bonds is 5. The van der Waals surface area contributed by atoms with Crippen LogP contribution in [0.2, 0.25) is 0 Å². The molecule has 0 aliphatic rings. The van der Waals surface area contributed by atoms with Crippen LogP contribution in [-0.2, 0) is 20.9 Å². The number of hydrogen-bond donors (Lipinski definition) is 2. The molecule has 0 aliphatic carbocycles. The molecule has 2 heterocycles. The SMILES string of the molecule is CC(=O)Nc1cc(NC(C)=O)cc(C(=O)OCc2cn3ccccc3n2)c1. The number of carbonyl (C=O) groups is 3. The first kappa shape index (κ1) is 18.1. The number of carbonyl (C=O) groups excluding carboxylic acids is 3. The maximum Gasteiger partial charge on any atom is 0.338 e. The second-order valence-corrected chi connectivity index (χ2v) is 5.94. The van der Waals surface area contributed by atoms with Gasteiger partial charge in [0.1, 0.15) is 12.3 Å². The zero-order valence-electron chi connectivity index (χ0n) is 14.9. The van der Waals surface area contributed by atoms with E-state index in [2.05, 4.69) is 15.6 Å². The van der Waals surface area contributed by atoms with Crippen molar-refractivity contribution in [1.82, 2.24) is 9.38 Å². The molecule has 0 spiro atoms. The molecule has 8 heteroatoms. The molecule has 0 fully saturated rings. The Morgan fingerprint density at radius 2 is 1.70 bits per heavy atom. The van der Waals surface area contributed by atoms with Crippen molar-refractivity contribution in [3.63, 3.8) is 0 Å². The molecule has 27 heavy (non-hydrogen) atoms. The Kier molecular flexibility index (Phi) is 5.16. The third kappa shape index (κ3) is 4.69. The Labute approximate surface area is 155 Å². The zero-order valence-corrected chi connectivity index (χ0v) is 14.9. The van der Waals surface area contributed by atoms with Crippen LogP contribution in [0.1, 0.15) is 29.9 Å². The Morgan fingerprint density at radius 3 is 2.30 bits per heavy atom. The van der Waals surface area contributed by atoms with Crippen LogP contribution in [0.25, 0.3) is 5.65 Å². The van der Waals surface area contributed by atoms with Crippen molar-refractivity contribution in [2.24, 2.45) is 0 Å². The van der Waals surface area contributed by atoms with Gasteiger partial charge in [0.15, 0.2) is 0 Å². The van der Waals surface area contributed by atoms with E-state index in [1.165, 1.54) is 26.0 Å². The van der Waals surface area contributed by atoms with E-state index in [0.29, 0.717) is 17.1 Å². The number of nitrogens with one attached hydrogen (secondary N) is 2. The lowest BCUT2D eigenvalue weighted by Gasteiger charge is -2.10. The zero-order chi connectivity index (χ0) is 19.4. The molecule has 2 amide bonds. The lowest BCUT2D eigenvalue weighted by Crippen LogP contribution is -2.12. The van der Waals surface area contributed by atoms with Gasteiger partial charge < -0.3 is 19.8 Å². The van der Waals surface area contributed by atoms with E-state index in [9.17, 15) is 14.4 Å². The molecule has 3 rings (SSSR count). The van der Waals surface area contributed by atoms with Crippen molar-refractivity contribution in [2.75, 3.05) is 10.6 Å². The van der Waals surface area contributed by atoms with Gasteiger partial charge in [-0.25, -0.2) is 9.78 Å². The van der Waals surface area contributed by atoms with Crippen molar-refractivity contribution >= 4 is 34.8 Å². The summed E-state index contributed by atoms with van der Waals surface area (Å²) in [6.45, 7) is 2.71. The van der Waals surface area contributed by atoms with Gasteiger partial charge in [0.05, 0.1) is 11.3 Å². The Balaban J connectivity index is 1.77. The molecule has 0 bridgehead atoms. The molecule has 8 nitrogen and oxygen atoms in total. The van der Waals surface area contributed by atoms with E-state index in [-0.39, 0.29) is 24.0 Å². The molecule has 0 radical (unpaired) electrons. The normalized spacial score (nSPS) is 10.4. The van der Waals surface area contributed by atoms with E-state index in [1.54, 1.807) is 12.3 Å². The number of pyridine rings is 1. The highest BCUT2D eigenvalue weighted by Gasteiger charge is 2.13. The molecule has 0 saturated heterocycles. The molecular weight excluding hydrogens is 348 g/mol. The van der Waals surface area contributed by atoms with Gasteiger partial charge in [-0.3, -0.25) is 9.59 Å². The van der Waals surface area contributed by atoms with Gasteiger partial charge >= 0.3 is 5.97 Å². The second kappa shape index (κ2) is 7.69. The van der Waals surface area contributed by atoms with Crippen LogP contribution in [-0.4, -0.2) is 27.2 Å². The van der Waals surface area contributed by atoms with E-state index < -0.39 is 5.97 Å². The first-order valence-electron chi connectivity index (χ1n) is 8.21. The maximum atomic E-state index is 12.4. The number of nitrogens with zero attached hydrogens (tertiary/aromatic N) is 2. The fraction of sp³-hybridized carbons (Fsp3) is 0.158. The molecular formula is C19H18N4O4. The van der Waals surface area contributed by atoms with Crippen LogP contribution in [0.4, 0.5) is 11.4 Å². The van der Waals surface area contributed by atoms with E-state index in [0.717, 1.165) is 5.65 Å². The number of imidazole rings is 1. The van der Waals surface area contributed by atoms with Crippen molar-refractivity contribution in [3.05, 3.63) is 60.0 Å². The van der Waals surface area contributed by atoms with Crippen LogP contribution >= 0.6 is 0 Å². The average molecular weight is 366 g/mol. The van der Waals surface area contributed by atoms with Gasteiger partial charge in [-0.2, -0.15) is 0 Å². The molecule has 138 valence electrons. The molecule has 0 unspecified atom stereocenters. The number of ether oxygens (including phenoxy) is 1. The van der Waals surface area contributed by atoms with Gasteiger partial charge in [-0.05, 0) is 30.3 Å². The third-order valence-electron chi connectivity index (χ3n) is 3.57. The van der Waals surface area contributed by atoms with Crippen LogP contribution in [0.3, 0.4) is 0 Å². The molecule has 1 aromatic carbocycles. The van der Waals surface area contributed by atoms with Gasteiger partial charge in [-0.1, -0.05) is 6.07 Å². The van der Waals surface area contributed by atoms with E-state index >= 15 is 0 Å². The molecule has 0 atom stereocenters. The summed E-state index contributed by atoms with van der Waals surface area (Å²) >= 11 is 0. The predicted octanol–water partition coefficient (Wildman–Crippen LogP) is 2.61. The van der Waals surface area contributed by atoms with Crippen molar-refractivity contribution < 1.29 is 19.1 Å². The fourth-order valence-corrected chi connectivity index (χ4v) is 2.58. The summed E-state index contributed by atoms with van der Waals surface area (Å²) in [5.74, 6) is -1.18. The number of aromatic nitrogens is 2. The van der Waals surface area contributed by atoms with E-state index in [4.69, 9.17) is 4.74 Å². The van der Waals surface area contributed by atoms with Crippen molar-refractivity contribution in [2.45, 2.75) is 20.5 Å². The lowest BCUT2D eigenvalue weighted by atomic mass is 10.1. The van der Waals surface area contributed by atoms with Gasteiger partial charge in [0.2, 0.25) is 11.8 Å². The summed E-state index contributed by atoms with van der Waals surface area (Å²) in [6.07, 6.45) is 3.63. The standard InChI is InChI=1S/C19H18N4O4/c1-12(24)20-15-7-14(8-16(9-15)21-13(2)25)19(26)27-11-17-10-23-6-4-3-5-18(23)22-17/h3-10H,11H2,1-2H3,(H,20,24)(H,21,25). The number of esters is 1. The van der Waals surface area contributed by atoms with Crippen LogP contribution in [0.5, 0.6) is 0 Å². The Morgan fingerprint density at radius 1 is 1.04 bits per heavy atom. The molecule has 2 N–H and O–H groups in total. The molecule has 3 aromatic rings. The van der Waals surface area contributed by atoms with Crippen LogP contribution < -0.4 is 10.6 Å². The largest absolute Gasteiger partial charge is 0.456 e.